The normalized spacial score (nSPS) is 17.9. The minimum Gasteiger partial charge on any atom is -0.493 e. The van der Waals surface area contributed by atoms with E-state index in [1.165, 1.54) is 19.5 Å². The van der Waals surface area contributed by atoms with E-state index in [-0.39, 0.29) is 24.0 Å². The van der Waals surface area contributed by atoms with Crippen LogP contribution in [0.4, 0.5) is 0 Å². The first kappa shape index (κ1) is 22.8. The van der Waals surface area contributed by atoms with Crippen LogP contribution in [-0.4, -0.2) is 51.3 Å². The largest absolute Gasteiger partial charge is 0.493 e. The van der Waals surface area contributed by atoms with Crippen molar-refractivity contribution in [1.82, 2.24) is 10.2 Å². The molecule has 2 rings (SSSR count). The molecule has 6 nitrogen and oxygen atoms in total. The number of hydrogen-bond acceptors (Lipinski definition) is 4. The average molecular weight is 476 g/mol. The number of halogens is 1. The summed E-state index contributed by atoms with van der Waals surface area (Å²) in [6.07, 6.45) is 1.22. The van der Waals surface area contributed by atoms with Gasteiger partial charge in [-0.3, -0.25) is 0 Å². The third-order valence-electron chi connectivity index (χ3n) is 4.45. The van der Waals surface area contributed by atoms with E-state index < -0.39 is 0 Å². The first-order valence-electron chi connectivity index (χ1n) is 8.98. The van der Waals surface area contributed by atoms with E-state index in [9.17, 15) is 0 Å². The van der Waals surface area contributed by atoms with Crippen LogP contribution in [0.3, 0.4) is 0 Å². The van der Waals surface area contributed by atoms with Gasteiger partial charge in [0.05, 0.1) is 20.8 Å². The molecule has 1 aliphatic rings. The first-order chi connectivity index (χ1) is 12.0. The van der Waals surface area contributed by atoms with Gasteiger partial charge in [0.25, 0.3) is 0 Å². The van der Waals surface area contributed by atoms with Gasteiger partial charge in [-0.1, -0.05) is 19.9 Å². The highest BCUT2D eigenvalue weighted by atomic mass is 127. The van der Waals surface area contributed by atoms with Crippen molar-refractivity contribution in [2.75, 3.05) is 40.4 Å². The smallest absolute Gasteiger partial charge is 0.188 e. The highest BCUT2D eigenvalue weighted by Gasteiger charge is 2.22. The lowest BCUT2D eigenvalue weighted by atomic mass is 10.1. The number of aliphatic imine (C=N–C) groups is 1. The Kier molecular flexibility index (Phi) is 10.1. The Labute approximate surface area is 174 Å². The lowest BCUT2D eigenvalue weighted by Gasteiger charge is -2.18. The van der Waals surface area contributed by atoms with Crippen molar-refractivity contribution in [1.29, 1.82) is 0 Å². The van der Waals surface area contributed by atoms with Gasteiger partial charge in [0.2, 0.25) is 0 Å². The number of nitrogens with two attached hydrogens (primary N) is 1. The molecule has 0 aromatic heterocycles. The van der Waals surface area contributed by atoms with E-state index >= 15 is 0 Å². The molecular weight excluding hydrogens is 443 g/mol. The first-order valence-corrected chi connectivity index (χ1v) is 8.98. The van der Waals surface area contributed by atoms with Gasteiger partial charge in [0, 0.05) is 19.6 Å². The van der Waals surface area contributed by atoms with Gasteiger partial charge in [-0.2, -0.15) is 0 Å². The van der Waals surface area contributed by atoms with Crippen molar-refractivity contribution < 1.29 is 9.47 Å². The summed E-state index contributed by atoms with van der Waals surface area (Å²) in [6.45, 7) is 9.45. The van der Waals surface area contributed by atoms with Crippen LogP contribution in [0.15, 0.2) is 23.2 Å². The number of likely N-dealkylation sites (tertiary alicyclic amines) is 1. The Hall–Kier alpha value is -1.22. The van der Waals surface area contributed by atoms with Gasteiger partial charge in [0.15, 0.2) is 17.5 Å². The molecule has 0 aliphatic carbocycles. The third kappa shape index (κ3) is 7.19. The predicted molar refractivity (Wildman–Crippen MR) is 118 cm³/mol. The summed E-state index contributed by atoms with van der Waals surface area (Å²) < 4.78 is 10.6. The van der Waals surface area contributed by atoms with Crippen LogP contribution in [0.1, 0.15) is 25.8 Å². The number of methoxy groups -OCH3 is 2. The van der Waals surface area contributed by atoms with Crippen LogP contribution in [0.2, 0.25) is 0 Å². The maximum atomic E-state index is 6.01. The molecule has 1 heterocycles. The average Bonchev–Trinajstić information content (AvgIpc) is 3.04. The van der Waals surface area contributed by atoms with Gasteiger partial charge in [-0.05, 0) is 42.5 Å². The Morgan fingerprint density at radius 3 is 2.69 bits per heavy atom. The molecule has 1 aromatic carbocycles. The van der Waals surface area contributed by atoms with Gasteiger partial charge >= 0.3 is 0 Å². The third-order valence-corrected chi connectivity index (χ3v) is 4.45. The number of nitrogens with zero attached hydrogens (tertiary/aromatic N) is 2. The zero-order valence-corrected chi connectivity index (χ0v) is 18.7. The number of nitrogens with one attached hydrogen (secondary N) is 1. The van der Waals surface area contributed by atoms with E-state index in [4.69, 9.17) is 15.2 Å². The van der Waals surface area contributed by atoms with Crippen molar-refractivity contribution in [3.8, 4) is 11.5 Å². The molecule has 1 saturated heterocycles. The SMILES string of the molecule is COc1ccc(CN=C(N)NCC2CCN(CC(C)C)C2)cc1OC.I. The molecule has 1 aliphatic heterocycles. The van der Waals surface area contributed by atoms with Crippen molar-refractivity contribution in [3.63, 3.8) is 0 Å². The number of benzene rings is 1. The standard InChI is InChI=1S/C19H32N4O2.HI/c1-14(2)12-23-8-7-16(13-23)11-22-19(20)21-10-15-5-6-17(24-3)18(9-15)25-4;/h5-6,9,14,16H,7-8,10-13H2,1-4H3,(H3,20,21,22);1H. The molecule has 0 bridgehead atoms. The maximum absolute atomic E-state index is 6.01. The Bertz CT molecular complexity index is 581. The topological polar surface area (TPSA) is 72.1 Å². The Morgan fingerprint density at radius 1 is 1.31 bits per heavy atom. The lowest BCUT2D eigenvalue weighted by molar-refractivity contribution is 0.287. The summed E-state index contributed by atoms with van der Waals surface area (Å²) in [5, 5.41) is 3.26. The predicted octanol–water partition coefficient (Wildman–Crippen LogP) is 2.70. The molecule has 1 unspecified atom stereocenters. The number of rotatable bonds is 8. The zero-order valence-electron chi connectivity index (χ0n) is 16.3. The molecule has 148 valence electrons. The molecule has 26 heavy (non-hydrogen) atoms. The zero-order chi connectivity index (χ0) is 18.2. The quantitative estimate of drug-likeness (QED) is 0.343. The number of guanidine groups is 1. The summed E-state index contributed by atoms with van der Waals surface area (Å²) in [4.78, 5) is 6.96. The van der Waals surface area contributed by atoms with Crippen LogP contribution in [-0.2, 0) is 6.54 Å². The van der Waals surface area contributed by atoms with Crippen molar-refractivity contribution in [3.05, 3.63) is 23.8 Å². The van der Waals surface area contributed by atoms with E-state index in [0.29, 0.717) is 29.9 Å². The van der Waals surface area contributed by atoms with Gasteiger partial charge in [0.1, 0.15) is 0 Å². The summed E-state index contributed by atoms with van der Waals surface area (Å²) in [7, 11) is 3.26. The van der Waals surface area contributed by atoms with Gasteiger partial charge in [-0.25, -0.2) is 4.99 Å². The van der Waals surface area contributed by atoms with E-state index in [2.05, 4.69) is 29.1 Å². The second kappa shape index (κ2) is 11.5. The molecule has 0 saturated carbocycles. The minimum absolute atomic E-state index is 0. The Balaban J connectivity index is 0.00000338. The van der Waals surface area contributed by atoms with Crippen LogP contribution >= 0.6 is 24.0 Å². The van der Waals surface area contributed by atoms with Crippen molar-refractivity contribution in [2.24, 2.45) is 22.6 Å². The second-order valence-electron chi connectivity index (χ2n) is 7.08. The number of ether oxygens (including phenoxy) is 2. The van der Waals surface area contributed by atoms with Gasteiger partial charge < -0.3 is 25.4 Å². The van der Waals surface area contributed by atoms with Crippen molar-refractivity contribution in [2.45, 2.75) is 26.8 Å². The molecule has 0 radical (unpaired) electrons. The summed E-state index contributed by atoms with van der Waals surface area (Å²) in [5.74, 6) is 3.29. The van der Waals surface area contributed by atoms with Crippen LogP contribution < -0.4 is 20.5 Å². The molecular formula is C19H33IN4O2. The second-order valence-corrected chi connectivity index (χ2v) is 7.08. The van der Waals surface area contributed by atoms with E-state index in [0.717, 1.165) is 24.6 Å². The fraction of sp³-hybridized carbons (Fsp3) is 0.632. The maximum Gasteiger partial charge on any atom is 0.188 e. The molecule has 1 aromatic rings. The van der Waals surface area contributed by atoms with Crippen LogP contribution in [0.25, 0.3) is 0 Å². The highest BCUT2D eigenvalue weighted by molar-refractivity contribution is 14.0. The van der Waals surface area contributed by atoms with Crippen LogP contribution in [0.5, 0.6) is 11.5 Å². The van der Waals surface area contributed by atoms with Crippen molar-refractivity contribution >= 4 is 29.9 Å². The fourth-order valence-electron chi connectivity index (χ4n) is 3.22. The minimum atomic E-state index is 0. The summed E-state index contributed by atoms with van der Waals surface area (Å²) in [6, 6.07) is 5.78. The van der Waals surface area contributed by atoms with Gasteiger partial charge in [-0.15, -0.1) is 24.0 Å². The fourth-order valence-corrected chi connectivity index (χ4v) is 3.22. The number of hydrogen-bond donors (Lipinski definition) is 2. The van der Waals surface area contributed by atoms with E-state index in [1.54, 1.807) is 14.2 Å². The molecule has 7 heteroatoms. The lowest BCUT2D eigenvalue weighted by Crippen LogP contribution is -2.36. The molecule has 0 amide bonds. The monoisotopic (exact) mass is 476 g/mol. The summed E-state index contributed by atoms with van der Waals surface area (Å²) in [5.41, 5.74) is 7.04. The van der Waals surface area contributed by atoms with E-state index in [1.807, 2.05) is 18.2 Å². The molecule has 3 N–H and O–H groups in total. The Morgan fingerprint density at radius 2 is 2.04 bits per heavy atom. The summed E-state index contributed by atoms with van der Waals surface area (Å²) >= 11 is 0. The van der Waals surface area contributed by atoms with Crippen LogP contribution in [0, 0.1) is 11.8 Å². The molecule has 1 fully saturated rings. The highest BCUT2D eigenvalue weighted by Crippen LogP contribution is 2.27. The molecule has 0 spiro atoms. The molecule has 1 atom stereocenters.